The van der Waals surface area contributed by atoms with Crippen LogP contribution in [0.15, 0.2) is 60.7 Å². The number of amides is 4. The number of carbonyl (C=O) groups is 4. The number of carboxylic acids is 1. The third kappa shape index (κ3) is 7.99. The molecule has 41 heavy (non-hydrogen) atoms. The topological polar surface area (TPSA) is 128 Å². The summed E-state index contributed by atoms with van der Waals surface area (Å²) in [6, 6.07) is 17.9. The molecule has 2 saturated carbocycles. The van der Waals surface area contributed by atoms with Gasteiger partial charge in [0.25, 0.3) is 0 Å². The zero-order chi connectivity index (χ0) is 29.9. The summed E-state index contributed by atoms with van der Waals surface area (Å²) >= 11 is 0. The molecule has 0 radical (unpaired) electrons. The second-order valence-corrected chi connectivity index (χ2v) is 10.7. The van der Waals surface area contributed by atoms with Crippen molar-refractivity contribution in [2.75, 3.05) is 31.0 Å². The molecule has 2 fully saturated rings. The number of urea groups is 2. The van der Waals surface area contributed by atoms with Crippen molar-refractivity contribution in [3.63, 3.8) is 0 Å². The van der Waals surface area contributed by atoms with Crippen molar-refractivity contribution < 1.29 is 29.0 Å². The van der Waals surface area contributed by atoms with Gasteiger partial charge in [-0.15, -0.1) is 0 Å². The van der Waals surface area contributed by atoms with Gasteiger partial charge < -0.3 is 20.5 Å². The fraction of sp³-hybridized carbons (Fsp3) is 0.484. The first-order valence-electron chi connectivity index (χ1n) is 14.2. The van der Waals surface area contributed by atoms with Crippen LogP contribution in [0, 0.1) is 0 Å². The lowest BCUT2D eigenvalue weighted by Gasteiger charge is -2.36. The zero-order valence-corrected chi connectivity index (χ0v) is 24.2. The number of para-hydroxylation sites is 2. The molecular weight excluding hydrogens is 524 g/mol. The van der Waals surface area contributed by atoms with Crippen LogP contribution >= 0.6 is 0 Å². The number of methoxy groups -OCH3 is 1. The van der Waals surface area contributed by atoms with E-state index in [9.17, 15) is 24.3 Å². The van der Waals surface area contributed by atoms with E-state index in [0.717, 1.165) is 49.9 Å². The number of anilines is 2. The summed E-state index contributed by atoms with van der Waals surface area (Å²) in [4.78, 5) is 51.3. The van der Waals surface area contributed by atoms with Gasteiger partial charge in [-0.1, -0.05) is 74.9 Å². The Labute approximate surface area is 242 Å². The Hall–Kier alpha value is -4.08. The van der Waals surface area contributed by atoms with Crippen LogP contribution in [0.1, 0.15) is 64.2 Å². The number of nitrogens with zero attached hydrogens (tertiary/aromatic N) is 2. The number of aliphatic carboxylic acids is 1. The molecule has 4 rings (SSSR count). The minimum Gasteiger partial charge on any atom is -0.480 e. The fourth-order valence-corrected chi connectivity index (χ4v) is 5.39. The highest BCUT2D eigenvalue weighted by atomic mass is 16.5. The number of hydrogen-bond donors (Lipinski definition) is 3. The van der Waals surface area contributed by atoms with Gasteiger partial charge in [0.1, 0.15) is 11.1 Å². The predicted octanol–water partition coefficient (Wildman–Crippen LogP) is 5.33. The summed E-state index contributed by atoms with van der Waals surface area (Å²) in [5.41, 5.74) is -0.474. The predicted molar refractivity (Wildman–Crippen MR) is 158 cm³/mol. The van der Waals surface area contributed by atoms with E-state index in [4.69, 9.17) is 4.74 Å². The highest BCUT2D eigenvalue weighted by Gasteiger charge is 2.43. The summed E-state index contributed by atoms with van der Waals surface area (Å²) in [6.45, 7) is 0. The lowest BCUT2D eigenvalue weighted by atomic mass is 9.81. The summed E-state index contributed by atoms with van der Waals surface area (Å²) < 4.78 is 4.91. The maximum Gasteiger partial charge on any atom is 0.331 e. The van der Waals surface area contributed by atoms with E-state index in [1.165, 1.54) is 16.9 Å². The van der Waals surface area contributed by atoms with Gasteiger partial charge in [0.05, 0.1) is 7.11 Å². The van der Waals surface area contributed by atoms with E-state index in [-0.39, 0.29) is 18.0 Å². The molecular formula is C31H42N4O6. The molecule has 0 saturated heterocycles. The lowest BCUT2D eigenvalue weighted by molar-refractivity contribution is -0.149. The Morgan fingerprint density at radius 2 is 1.02 bits per heavy atom. The molecule has 0 heterocycles. The quantitative estimate of drug-likeness (QED) is 0.406. The standard InChI is InChI=1S/C16H22N2O3.C15H20N2O3/c1-18(13-9-5-3-6-10-13)15(20)17-16(14(19)21-2)11-7-4-8-12-16;1-17(12-8-4-2-5-9-12)14(20)16-15(13(18)19)10-6-3-7-11-15/h3,5-6,9-10H,4,7-8,11-12H2,1-2H3,(H,17,20);2,4-5,8-9H,3,6-7,10-11H2,1H3,(H,16,20)(H,18,19). The minimum absolute atomic E-state index is 0.284. The van der Waals surface area contributed by atoms with Gasteiger partial charge in [0.2, 0.25) is 0 Å². The first-order chi connectivity index (χ1) is 19.6. The van der Waals surface area contributed by atoms with Crippen LogP contribution in [0.3, 0.4) is 0 Å². The summed E-state index contributed by atoms with van der Waals surface area (Å²) in [5.74, 6) is -1.29. The Morgan fingerprint density at radius 1 is 0.659 bits per heavy atom. The number of nitrogens with one attached hydrogen (secondary N) is 2. The molecule has 0 bridgehead atoms. The lowest BCUT2D eigenvalue weighted by Crippen LogP contribution is -2.58. The molecule has 4 amide bonds. The number of hydrogen-bond acceptors (Lipinski definition) is 5. The van der Waals surface area contributed by atoms with E-state index in [0.29, 0.717) is 25.7 Å². The summed E-state index contributed by atoms with van der Waals surface area (Å²) in [7, 11) is 4.70. The second-order valence-electron chi connectivity index (χ2n) is 10.7. The van der Waals surface area contributed by atoms with Gasteiger partial charge in [-0.25, -0.2) is 19.2 Å². The molecule has 222 valence electrons. The van der Waals surface area contributed by atoms with Crippen LogP contribution in [-0.2, 0) is 14.3 Å². The molecule has 10 heteroatoms. The number of carbonyl (C=O) groups excluding carboxylic acids is 3. The van der Waals surface area contributed by atoms with Crippen molar-refractivity contribution >= 4 is 35.4 Å². The van der Waals surface area contributed by atoms with E-state index in [1.807, 2.05) is 60.7 Å². The molecule has 2 aliphatic carbocycles. The van der Waals surface area contributed by atoms with Crippen LogP contribution in [0.4, 0.5) is 21.0 Å². The summed E-state index contributed by atoms with van der Waals surface area (Å²) in [5, 5.41) is 15.1. The highest BCUT2D eigenvalue weighted by molar-refractivity contribution is 5.96. The van der Waals surface area contributed by atoms with Crippen LogP contribution in [0.25, 0.3) is 0 Å². The minimum atomic E-state index is -1.11. The Bertz CT molecular complexity index is 1160. The van der Waals surface area contributed by atoms with Crippen LogP contribution < -0.4 is 20.4 Å². The first kappa shape index (κ1) is 31.4. The summed E-state index contributed by atoms with van der Waals surface area (Å²) in [6.07, 6.45) is 7.89. The SMILES string of the molecule is CN(C(=O)NC1(C(=O)O)CCCCC1)c1ccccc1.COC(=O)C1(NC(=O)N(C)c2ccccc2)CCCCC1. The molecule has 0 unspecified atom stereocenters. The van der Waals surface area contributed by atoms with Gasteiger partial charge in [-0.05, 0) is 49.9 Å². The van der Waals surface area contributed by atoms with Gasteiger partial charge in [0, 0.05) is 25.5 Å². The van der Waals surface area contributed by atoms with E-state index < -0.39 is 17.0 Å². The molecule has 2 aromatic carbocycles. The normalized spacial score (nSPS) is 17.0. The average Bonchev–Trinajstić information content (AvgIpc) is 3.01. The van der Waals surface area contributed by atoms with E-state index >= 15 is 0 Å². The third-order valence-corrected chi connectivity index (χ3v) is 7.99. The molecule has 10 nitrogen and oxygen atoms in total. The number of esters is 1. The third-order valence-electron chi connectivity index (χ3n) is 7.99. The largest absolute Gasteiger partial charge is 0.480 e. The van der Waals surface area contributed by atoms with Gasteiger partial charge in [-0.2, -0.15) is 0 Å². The van der Waals surface area contributed by atoms with Crippen LogP contribution in [0.2, 0.25) is 0 Å². The van der Waals surface area contributed by atoms with Gasteiger partial charge >= 0.3 is 24.0 Å². The van der Waals surface area contributed by atoms with Crippen molar-refractivity contribution in [3.05, 3.63) is 60.7 Å². The molecule has 0 atom stereocenters. The second kappa shape index (κ2) is 14.5. The number of benzene rings is 2. The van der Waals surface area contributed by atoms with Crippen molar-refractivity contribution in [3.8, 4) is 0 Å². The molecule has 0 aliphatic heterocycles. The Kier molecular flexibility index (Phi) is 11.1. The zero-order valence-electron chi connectivity index (χ0n) is 24.2. The van der Waals surface area contributed by atoms with Crippen LogP contribution in [0.5, 0.6) is 0 Å². The van der Waals surface area contributed by atoms with Crippen molar-refractivity contribution in [1.29, 1.82) is 0 Å². The van der Waals surface area contributed by atoms with Crippen molar-refractivity contribution in [1.82, 2.24) is 10.6 Å². The van der Waals surface area contributed by atoms with Crippen molar-refractivity contribution in [2.24, 2.45) is 0 Å². The van der Waals surface area contributed by atoms with Gasteiger partial charge in [-0.3, -0.25) is 9.80 Å². The maximum atomic E-state index is 12.4. The number of carboxylic acid groups (broad SMARTS) is 1. The smallest absolute Gasteiger partial charge is 0.331 e. The Morgan fingerprint density at radius 3 is 1.39 bits per heavy atom. The fourth-order valence-electron chi connectivity index (χ4n) is 5.39. The van der Waals surface area contributed by atoms with Gasteiger partial charge in [0.15, 0.2) is 0 Å². The first-order valence-corrected chi connectivity index (χ1v) is 14.2. The molecule has 2 aliphatic rings. The monoisotopic (exact) mass is 566 g/mol. The highest BCUT2D eigenvalue weighted by Crippen LogP contribution is 2.30. The van der Waals surface area contributed by atoms with E-state index in [2.05, 4.69) is 10.6 Å². The maximum absolute atomic E-state index is 12.4. The number of rotatable bonds is 6. The van der Waals surface area contributed by atoms with Crippen molar-refractivity contribution in [2.45, 2.75) is 75.3 Å². The average molecular weight is 567 g/mol. The molecule has 0 aromatic heterocycles. The molecule has 2 aromatic rings. The molecule has 0 spiro atoms. The van der Waals surface area contributed by atoms with E-state index in [1.54, 1.807) is 14.1 Å². The van der Waals surface area contributed by atoms with Crippen LogP contribution in [-0.4, -0.2) is 61.4 Å². The molecule has 3 N–H and O–H groups in total. The number of ether oxygens (including phenoxy) is 1. The Balaban J connectivity index is 0.000000226.